The largest absolute Gasteiger partial charge is 0.450 e. The summed E-state index contributed by atoms with van der Waals surface area (Å²) in [6.45, 7) is 2.04. The molecule has 32 heavy (non-hydrogen) atoms. The van der Waals surface area contributed by atoms with Crippen molar-refractivity contribution in [3.8, 4) is 0 Å². The number of amides is 1. The molecule has 1 aromatic heterocycles. The number of hydrogen-bond acceptors (Lipinski definition) is 3. The third-order valence-electron chi connectivity index (χ3n) is 5.71. The first-order chi connectivity index (χ1) is 15.4. The van der Waals surface area contributed by atoms with E-state index in [2.05, 4.69) is 0 Å². The number of aryl methyl sites for hydroxylation is 1. The summed E-state index contributed by atoms with van der Waals surface area (Å²) >= 11 is 12.4. The molecule has 4 nitrogen and oxygen atoms in total. The zero-order chi connectivity index (χ0) is 22.6. The minimum Gasteiger partial charge on any atom is -0.450 e. The number of hydrogen-bond donors (Lipinski definition) is 0. The van der Waals surface area contributed by atoms with Crippen molar-refractivity contribution in [3.05, 3.63) is 109 Å². The Balaban J connectivity index is 1.80. The molecular formula is C25H16Cl2FNO3. The van der Waals surface area contributed by atoms with E-state index in [0.29, 0.717) is 21.3 Å². The maximum atomic E-state index is 13.9. The summed E-state index contributed by atoms with van der Waals surface area (Å²) in [6.07, 6.45) is 0.849. The van der Waals surface area contributed by atoms with E-state index in [4.69, 9.17) is 27.6 Å². The highest BCUT2D eigenvalue weighted by molar-refractivity contribution is 6.42. The third-order valence-corrected chi connectivity index (χ3v) is 6.45. The second-order valence-electron chi connectivity index (χ2n) is 7.59. The number of carbonyl (C=O) groups excluding carboxylic acids is 1. The van der Waals surface area contributed by atoms with Crippen LogP contribution in [-0.2, 0) is 6.42 Å². The van der Waals surface area contributed by atoms with E-state index in [9.17, 15) is 14.0 Å². The van der Waals surface area contributed by atoms with Gasteiger partial charge in [0.2, 0.25) is 5.76 Å². The van der Waals surface area contributed by atoms with Crippen molar-refractivity contribution in [2.75, 3.05) is 4.90 Å². The van der Waals surface area contributed by atoms with Crippen molar-refractivity contribution >= 4 is 45.8 Å². The van der Waals surface area contributed by atoms with Crippen LogP contribution in [0.1, 0.15) is 40.2 Å². The Labute approximate surface area is 192 Å². The van der Waals surface area contributed by atoms with Crippen LogP contribution >= 0.6 is 23.2 Å². The number of carbonyl (C=O) groups is 1. The normalized spacial score (nSPS) is 15.4. The fraction of sp³-hybridized carbons (Fsp3) is 0.120. The van der Waals surface area contributed by atoms with Crippen LogP contribution in [-0.4, -0.2) is 5.91 Å². The van der Waals surface area contributed by atoms with Gasteiger partial charge in [-0.2, -0.15) is 0 Å². The summed E-state index contributed by atoms with van der Waals surface area (Å²) in [6, 6.07) is 15.3. The molecule has 3 aromatic carbocycles. The van der Waals surface area contributed by atoms with Crippen molar-refractivity contribution in [2.24, 2.45) is 0 Å². The molecule has 0 radical (unpaired) electrons. The Morgan fingerprint density at radius 3 is 2.41 bits per heavy atom. The average Bonchev–Trinajstić information content (AvgIpc) is 3.09. The van der Waals surface area contributed by atoms with Gasteiger partial charge in [0, 0.05) is 5.69 Å². The van der Waals surface area contributed by atoms with Gasteiger partial charge in [0.15, 0.2) is 5.43 Å². The van der Waals surface area contributed by atoms with Gasteiger partial charge in [-0.05, 0) is 60.0 Å². The molecule has 1 atom stereocenters. The summed E-state index contributed by atoms with van der Waals surface area (Å²) in [5.74, 6) is -1.08. The lowest BCUT2D eigenvalue weighted by Gasteiger charge is -2.25. The van der Waals surface area contributed by atoms with Gasteiger partial charge in [0.25, 0.3) is 5.91 Å². The minimum absolute atomic E-state index is 0.0650. The quantitative estimate of drug-likeness (QED) is 0.343. The highest BCUT2D eigenvalue weighted by atomic mass is 35.5. The Morgan fingerprint density at radius 1 is 0.969 bits per heavy atom. The molecule has 0 N–H and O–H groups in total. The number of halogens is 3. The predicted octanol–water partition coefficient (Wildman–Crippen LogP) is 6.55. The molecule has 7 heteroatoms. The van der Waals surface area contributed by atoms with Crippen LogP contribution in [0.5, 0.6) is 0 Å². The molecule has 4 aromatic rings. The Kier molecular flexibility index (Phi) is 5.03. The van der Waals surface area contributed by atoms with Gasteiger partial charge in [-0.25, -0.2) is 4.39 Å². The van der Waals surface area contributed by atoms with E-state index in [1.54, 1.807) is 18.2 Å². The first-order valence-corrected chi connectivity index (χ1v) is 10.8. The van der Waals surface area contributed by atoms with E-state index in [-0.39, 0.29) is 22.3 Å². The van der Waals surface area contributed by atoms with Gasteiger partial charge in [-0.3, -0.25) is 14.5 Å². The van der Waals surface area contributed by atoms with Crippen LogP contribution in [0.4, 0.5) is 10.1 Å². The maximum Gasteiger partial charge on any atom is 0.295 e. The second kappa shape index (κ2) is 7.76. The Hall–Kier alpha value is -3.15. The van der Waals surface area contributed by atoms with E-state index in [0.717, 1.165) is 18.1 Å². The van der Waals surface area contributed by atoms with Crippen LogP contribution in [0.3, 0.4) is 0 Å². The second-order valence-corrected chi connectivity index (χ2v) is 8.40. The lowest BCUT2D eigenvalue weighted by atomic mass is 9.98. The molecular weight excluding hydrogens is 452 g/mol. The van der Waals surface area contributed by atoms with Gasteiger partial charge < -0.3 is 4.42 Å². The number of benzene rings is 3. The zero-order valence-corrected chi connectivity index (χ0v) is 18.4. The van der Waals surface area contributed by atoms with Crippen molar-refractivity contribution in [1.82, 2.24) is 0 Å². The molecule has 1 aliphatic rings. The molecule has 2 heterocycles. The SMILES string of the molecule is CCc1ccc(N2C(=O)c3oc4ccc(F)cc4c(=O)c3C2c2ccc(Cl)c(Cl)c2)cc1. The van der Waals surface area contributed by atoms with Gasteiger partial charge in [0.05, 0.1) is 27.0 Å². The molecule has 1 unspecified atom stereocenters. The molecule has 1 amide bonds. The van der Waals surface area contributed by atoms with Crippen LogP contribution < -0.4 is 10.3 Å². The van der Waals surface area contributed by atoms with Crippen LogP contribution in [0, 0.1) is 5.82 Å². The average molecular weight is 468 g/mol. The lowest BCUT2D eigenvalue weighted by Crippen LogP contribution is -2.29. The summed E-state index contributed by atoms with van der Waals surface area (Å²) in [7, 11) is 0. The fourth-order valence-electron chi connectivity index (χ4n) is 4.10. The highest BCUT2D eigenvalue weighted by Crippen LogP contribution is 2.42. The summed E-state index contributed by atoms with van der Waals surface area (Å²) in [5, 5.41) is 0.721. The third kappa shape index (κ3) is 3.20. The maximum absolute atomic E-state index is 13.9. The minimum atomic E-state index is -0.802. The lowest BCUT2D eigenvalue weighted by molar-refractivity contribution is 0.0971. The number of fused-ring (bicyclic) bond motifs is 2. The molecule has 0 bridgehead atoms. The number of anilines is 1. The Bertz CT molecular complexity index is 1450. The summed E-state index contributed by atoms with van der Waals surface area (Å²) < 4.78 is 19.7. The Morgan fingerprint density at radius 2 is 1.72 bits per heavy atom. The van der Waals surface area contributed by atoms with E-state index in [1.807, 2.05) is 31.2 Å². The monoisotopic (exact) mass is 467 g/mol. The van der Waals surface area contributed by atoms with Crippen LogP contribution in [0.2, 0.25) is 10.0 Å². The zero-order valence-electron chi connectivity index (χ0n) is 16.9. The standard InChI is InChI=1S/C25H16Cl2FNO3/c1-2-13-3-7-16(8-4-13)29-22(14-5-9-18(26)19(27)11-14)21-23(30)17-12-15(28)6-10-20(17)32-24(21)25(29)31/h3-12,22H,2H2,1H3. The molecule has 1 aliphatic heterocycles. The molecule has 160 valence electrons. The van der Waals surface area contributed by atoms with Gasteiger partial charge in [-0.15, -0.1) is 0 Å². The van der Waals surface area contributed by atoms with Crippen molar-refractivity contribution in [3.63, 3.8) is 0 Å². The first kappa shape index (κ1) is 20.7. The fourth-order valence-corrected chi connectivity index (χ4v) is 4.41. The predicted molar refractivity (Wildman–Crippen MR) is 123 cm³/mol. The van der Waals surface area contributed by atoms with Gasteiger partial charge in [-0.1, -0.05) is 48.3 Å². The molecule has 5 rings (SSSR count). The molecule has 0 aliphatic carbocycles. The first-order valence-electron chi connectivity index (χ1n) is 10.0. The van der Waals surface area contributed by atoms with Gasteiger partial charge in [0.1, 0.15) is 11.4 Å². The summed E-state index contributed by atoms with van der Waals surface area (Å²) in [4.78, 5) is 28.5. The topological polar surface area (TPSA) is 50.5 Å². The molecule has 0 saturated carbocycles. The van der Waals surface area contributed by atoms with E-state index in [1.165, 1.54) is 17.0 Å². The number of nitrogens with zero attached hydrogens (tertiary/aromatic N) is 1. The van der Waals surface area contributed by atoms with Crippen LogP contribution in [0.15, 0.2) is 69.9 Å². The highest BCUT2D eigenvalue weighted by Gasteiger charge is 2.43. The molecule has 0 fully saturated rings. The van der Waals surface area contributed by atoms with Crippen molar-refractivity contribution in [2.45, 2.75) is 19.4 Å². The van der Waals surface area contributed by atoms with Crippen molar-refractivity contribution in [1.29, 1.82) is 0 Å². The molecule has 0 spiro atoms. The smallest absolute Gasteiger partial charge is 0.295 e. The summed E-state index contributed by atoms with van der Waals surface area (Å²) in [5.41, 5.74) is 2.14. The van der Waals surface area contributed by atoms with Gasteiger partial charge >= 0.3 is 0 Å². The van der Waals surface area contributed by atoms with Crippen LogP contribution in [0.25, 0.3) is 11.0 Å². The number of rotatable bonds is 3. The van der Waals surface area contributed by atoms with Crippen molar-refractivity contribution < 1.29 is 13.6 Å². The van der Waals surface area contributed by atoms with E-state index < -0.39 is 23.2 Å². The molecule has 0 saturated heterocycles. The van der Waals surface area contributed by atoms with E-state index >= 15 is 0 Å².